The number of benzene rings is 2. The van der Waals surface area contributed by atoms with Crippen LogP contribution >= 0.6 is 23.4 Å². The van der Waals surface area contributed by atoms with E-state index in [0.717, 1.165) is 23.9 Å². The molecule has 2 aromatic rings. The van der Waals surface area contributed by atoms with E-state index in [4.69, 9.17) is 11.6 Å². The summed E-state index contributed by atoms with van der Waals surface area (Å²) in [5.74, 6) is -1.59. The highest BCUT2D eigenvalue weighted by Gasteiger charge is 2.08. The molecule has 0 unspecified atom stereocenters. The molecule has 0 heterocycles. The van der Waals surface area contributed by atoms with Crippen molar-refractivity contribution in [2.75, 3.05) is 11.1 Å². The monoisotopic (exact) mass is 313 g/mol. The number of amides is 1. The van der Waals surface area contributed by atoms with Gasteiger partial charge >= 0.3 is 0 Å². The highest BCUT2D eigenvalue weighted by atomic mass is 35.5. The molecule has 1 amide bonds. The standard InChI is InChI=1S/C14H10ClF2NOS/c15-9-2-1-3-11(6-9)18-14(19)8-20-13-5-4-10(16)7-12(13)17/h1-7H,8H2,(H,18,19). The average molecular weight is 314 g/mol. The third kappa shape index (κ3) is 4.21. The summed E-state index contributed by atoms with van der Waals surface area (Å²) in [6.07, 6.45) is 0. The Hall–Kier alpha value is -1.59. The molecule has 0 bridgehead atoms. The molecule has 6 heteroatoms. The van der Waals surface area contributed by atoms with Crippen LogP contribution in [0.4, 0.5) is 14.5 Å². The van der Waals surface area contributed by atoms with Crippen LogP contribution in [0.5, 0.6) is 0 Å². The maximum Gasteiger partial charge on any atom is 0.234 e. The van der Waals surface area contributed by atoms with Gasteiger partial charge in [-0.2, -0.15) is 0 Å². The molecule has 0 saturated heterocycles. The molecule has 2 rings (SSSR count). The molecule has 2 nitrogen and oxygen atoms in total. The summed E-state index contributed by atoms with van der Waals surface area (Å²) in [5.41, 5.74) is 0.572. The SMILES string of the molecule is O=C(CSc1ccc(F)cc1F)Nc1cccc(Cl)c1. The number of rotatable bonds is 4. The average Bonchev–Trinajstić information content (AvgIpc) is 2.37. The van der Waals surface area contributed by atoms with E-state index in [9.17, 15) is 13.6 Å². The van der Waals surface area contributed by atoms with E-state index < -0.39 is 11.6 Å². The largest absolute Gasteiger partial charge is 0.325 e. The van der Waals surface area contributed by atoms with Gasteiger partial charge < -0.3 is 5.32 Å². The highest BCUT2D eigenvalue weighted by Crippen LogP contribution is 2.22. The Morgan fingerprint density at radius 3 is 2.70 bits per heavy atom. The lowest BCUT2D eigenvalue weighted by Gasteiger charge is -2.06. The van der Waals surface area contributed by atoms with Crippen LogP contribution in [0.3, 0.4) is 0 Å². The zero-order valence-electron chi connectivity index (χ0n) is 10.2. The van der Waals surface area contributed by atoms with E-state index in [-0.39, 0.29) is 16.6 Å². The van der Waals surface area contributed by atoms with Gasteiger partial charge in [0.1, 0.15) is 11.6 Å². The van der Waals surface area contributed by atoms with E-state index >= 15 is 0 Å². The molecule has 104 valence electrons. The number of hydrogen-bond donors (Lipinski definition) is 1. The molecule has 0 aliphatic rings. The second-order valence-corrected chi connectivity index (χ2v) is 5.38. The second-order valence-electron chi connectivity index (χ2n) is 3.92. The van der Waals surface area contributed by atoms with Crippen molar-refractivity contribution in [3.63, 3.8) is 0 Å². The van der Waals surface area contributed by atoms with Gasteiger partial charge in [-0.25, -0.2) is 8.78 Å². The first kappa shape index (κ1) is 14.8. The minimum atomic E-state index is -0.675. The van der Waals surface area contributed by atoms with Gasteiger partial charge in [0.25, 0.3) is 0 Å². The fourth-order valence-corrected chi connectivity index (χ4v) is 2.41. The van der Waals surface area contributed by atoms with Crippen LogP contribution in [0.15, 0.2) is 47.4 Å². The minimum absolute atomic E-state index is 0.0229. The van der Waals surface area contributed by atoms with Crippen LogP contribution in [0.2, 0.25) is 5.02 Å². The number of hydrogen-bond acceptors (Lipinski definition) is 2. The van der Waals surface area contributed by atoms with E-state index in [2.05, 4.69) is 5.32 Å². The molecular formula is C14H10ClF2NOS. The van der Waals surface area contributed by atoms with Gasteiger partial charge in [-0.3, -0.25) is 4.79 Å². The van der Waals surface area contributed by atoms with E-state index in [0.29, 0.717) is 10.7 Å². The van der Waals surface area contributed by atoms with Crippen molar-refractivity contribution in [3.05, 3.63) is 59.1 Å². The van der Waals surface area contributed by atoms with Gasteiger partial charge in [0.05, 0.1) is 5.75 Å². The quantitative estimate of drug-likeness (QED) is 0.850. The highest BCUT2D eigenvalue weighted by molar-refractivity contribution is 8.00. The maximum atomic E-state index is 13.4. The Labute approximate surface area is 124 Å². The van der Waals surface area contributed by atoms with Gasteiger partial charge in [-0.15, -0.1) is 11.8 Å². The summed E-state index contributed by atoms with van der Waals surface area (Å²) in [7, 11) is 0. The number of carbonyl (C=O) groups is 1. The Balaban J connectivity index is 1.92. The molecule has 1 N–H and O–H groups in total. The smallest absolute Gasteiger partial charge is 0.234 e. The van der Waals surface area contributed by atoms with Crippen LogP contribution < -0.4 is 5.32 Å². The molecule has 0 atom stereocenters. The molecule has 2 aromatic carbocycles. The lowest BCUT2D eigenvalue weighted by molar-refractivity contribution is -0.113. The Bertz CT molecular complexity index is 636. The number of thioether (sulfide) groups is 1. The third-order valence-electron chi connectivity index (χ3n) is 2.36. The van der Waals surface area contributed by atoms with Crippen LogP contribution in [-0.4, -0.2) is 11.7 Å². The van der Waals surface area contributed by atoms with Crippen molar-refractivity contribution in [1.29, 1.82) is 0 Å². The van der Waals surface area contributed by atoms with Gasteiger partial charge in [-0.1, -0.05) is 17.7 Å². The van der Waals surface area contributed by atoms with E-state index in [1.165, 1.54) is 6.07 Å². The molecule has 0 aromatic heterocycles. The van der Waals surface area contributed by atoms with E-state index in [1.807, 2.05) is 0 Å². The van der Waals surface area contributed by atoms with Crippen molar-refractivity contribution < 1.29 is 13.6 Å². The number of anilines is 1. The molecule has 0 spiro atoms. The van der Waals surface area contributed by atoms with Gasteiger partial charge in [0, 0.05) is 21.7 Å². The van der Waals surface area contributed by atoms with Gasteiger partial charge in [0.15, 0.2) is 0 Å². The number of carbonyl (C=O) groups excluding carboxylic acids is 1. The normalized spacial score (nSPS) is 10.3. The van der Waals surface area contributed by atoms with Crippen molar-refractivity contribution in [3.8, 4) is 0 Å². The van der Waals surface area contributed by atoms with Crippen LogP contribution in [-0.2, 0) is 4.79 Å². The molecule has 0 aliphatic carbocycles. The first-order valence-corrected chi connectivity index (χ1v) is 7.04. The third-order valence-corrected chi connectivity index (χ3v) is 3.64. The maximum absolute atomic E-state index is 13.4. The summed E-state index contributed by atoms with van der Waals surface area (Å²) < 4.78 is 26.1. The van der Waals surface area contributed by atoms with Gasteiger partial charge in [-0.05, 0) is 30.3 Å². The van der Waals surface area contributed by atoms with Crippen LogP contribution in [0, 0.1) is 11.6 Å². The molecular weight excluding hydrogens is 304 g/mol. The zero-order chi connectivity index (χ0) is 14.5. The topological polar surface area (TPSA) is 29.1 Å². The lowest BCUT2D eigenvalue weighted by atomic mass is 10.3. The number of halogens is 3. The van der Waals surface area contributed by atoms with Gasteiger partial charge in [0.2, 0.25) is 5.91 Å². The van der Waals surface area contributed by atoms with E-state index in [1.54, 1.807) is 24.3 Å². The first-order chi connectivity index (χ1) is 9.54. The molecule has 0 saturated carbocycles. The molecule has 20 heavy (non-hydrogen) atoms. The second kappa shape index (κ2) is 6.72. The predicted octanol–water partition coefficient (Wildman–Crippen LogP) is 4.35. The predicted molar refractivity (Wildman–Crippen MR) is 77.2 cm³/mol. The lowest BCUT2D eigenvalue weighted by Crippen LogP contribution is -2.14. The van der Waals surface area contributed by atoms with Crippen molar-refractivity contribution in [2.45, 2.75) is 4.90 Å². The molecule has 0 fully saturated rings. The summed E-state index contributed by atoms with van der Waals surface area (Å²) in [5, 5.41) is 3.16. The Morgan fingerprint density at radius 2 is 2.00 bits per heavy atom. The minimum Gasteiger partial charge on any atom is -0.325 e. The van der Waals surface area contributed by atoms with Crippen LogP contribution in [0.25, 0.3) is 0 Å². The fraction of sp³-hybridized carbons (Fsp3) is 0.0714. The Morgan fingerprint density at radius 1 is 1.20 bits per heavy atom. The number of nitrogens with one attached hydrogen (secondary N) is 1. The van der Waals surface area contributed by atoms with Crippen molar-refractivity contribution >= 4 is 35.0 Å². The summed E-state index contributed by atoms with van der Waals surface area (Å²) >= 11 is 6.80. The van der Waals surface area contributed by atoms with Crippen molar-refractivity contribution in [1.82, 2.24) is 0 Å². The summed E-state index contributed by atoms with van der Waals surface area (Å²) in [6.45, 7) is 0. The Kier molecular flexibility index (Phi) is 4.98. The van der Waals surface area contributed by atoms with Crippen LogP contribution in [0.1, 0.15) is 0 Å². The summed E-state index contributed by atoms with van der Waals surface area (Å²) in [6, 6.07) is 9.97. The van der Waals surface area contributed by atoms with Crippen molar-refractivity contribution in [2.24, 2.45) is 0 Å². The fourth-order valence-electron chi connectivity index (χ4n) is 1.50. The zero-order valence-corrected chi connectivity index (χ0v) is 11.8. The molecule has 0 radical (unpaired) electrons. The summed E-state index contributed by atoms with van der Waals surface area (Å²) in [4.78, 5) is 11.9. The first-order valence-electron chi connectivity index (χ1n) is 5.68. The molecule has 0 aliphatic heterocycles.